The Kier molecular flexibility index (Phi) is 6.83. The maximum Gasteiger partial charge on any atom is 0.321 e. The average Bonchev–Trinajstić information content (AvgIpc) is 3.07. The van der Waals surface area contributed by atoms with Gasteiger partial charge >= 0.3 is 5.97 Å². The summed E-state index contributed by atoms with van der Waals surface area (Å²) in [5.74, 6) is -0.451. The molecule has 3 rings (SSSR count). The molecule has 5 nitrogen and oxygen atoms in total. The summed E-state index contributed by atoms with van der Waals surface area (Å²) in [7, 11) is 0. The maximum absolute atomic E-state index is 11.7. The Hall–Kier alpha value is -2.21. The minimum absolute atomic E-state index is 0.326. The van der Waals surface area contributed by atoms with E-state index in [-0.39, 0.29) is 0 Å². The molecule has 3 N–H and O–H groups in total. The second kappa shape index (κ2) is 9.32. The number of fused-ring (bicyclic) bond motifs is 1. The lowest BCUT2D eigenvalue weighted by molar-refractivity contribution is -0.139. The summed E-state index contributed by atoms with van der Waals surface area (Å²) >= 11 is 12.5. The van der Waals surface area contributed by atoms with Gasteiger partial charge in [0.2, 0.25) is 0 Å². The summed E-state index contributed by atoms with van der Waals surface area (Å²) in [5.41, 5.74) is 2.74. The zero-order valence-corrected chi connectivity index (χ0v) is 17.0. The Morgan fingerprint density at radius 3 is 2.64 bits per heavy atom. The molecule has 0 aliphatic heterocycles. The highest BCUT2D eigenvalue weighted by Gasteiger charge is 2.20. The second-order valence-corrected chi connectivity index (χ2v) is 7.39. The number of carbonyl (C=O) groups is 1. The minimum atomic E-state index is -0.912. The lowest BCUT2D eigenvalue weighted by Crippen LogP contribution is -2.38. The molecule has 0 amide bonds. The Balaban J connectivity index is 1.71. The molecule has 0 spiro atoms. The number of benzene rings is 2. The predicted octanol–water partition coefficient (Wildman–Crippen LogP) is 5.05. The lowest BCUT2D eigenvalue weighted by Gasteiger charge is -2.16. The van der Waals surface area contributed by atoms with Crippen molar-refractivity contribution in [1.82, 2.24) is 10.3 Å². The van der Waals surface area contributed by atoms with Crippen LogP contribution in [0.4, 0.5) is 0 Å². The van der Waals surface area contributed by atoms with Crippen LogP contribution >= 0.6 is 23.2 Å². The lowest BCUT2D eigenvalue weighted by atomic mass is 10.0. The molecule has 3 aromatic rings. The summed E-state index contributed by atoms with van der Waals surface area (Å²) in [6.45, 7) is 2.86. The van der Waals surface area contributed by atoms with Gasteiger partial charge in [-0.25, -0.2) is 0 Å². The Morgan fingerprint density at radius 1 is 1.25 bits per heavy atom. The van der Waals surface area contributed by atoms with Gasteiger partial charge < -0.3 is 20.1 Å². The van der Waals surface area contributed by atoms with Crippen LogP contribution in [0.5, 0.6) is 5.75 Å². The number of aliphatic carboxylic acids is 1. The van der Waals surface area contributed by atoms with Crippen LogP contribution in [0.3, 0.4) is 0 Å². The molecule has 2 aromatic carbocycles. The molecule has 0 radical (unpaired) electrons. The standard InChI is InChI=1S/C21H22Cl2N2O3/c1-2-7-28-20-16(22)8-13(9-17(20)23)11-24-19(21(26)27)10-14-12-25-18-6-4-3-5-15(14)18/h3-6,8-9,12,19,24-25H,2,7,10-11H2,1H3,(H,26,27). The Bertz CT molecular complexity index is 948. The van der Waals surface area contributed by atoms with Crippen molar-refractivity contribution in [2.24, 2.45) is 0 Å². The SMILES string of the molecule is CCCOc1c(Cl)cc(CNC(Cc2c[nH]c3ccccc23)C(=O)O)cc1Cl. The van der Waals surface area contributed by atoms with Gasteiger partial charge in [0.1, 0.15) is 6.04 Å². The van der Waals surface area contributed by atoms with E-state index in [0.717, 1.165) is 28.5 Å². The van der Waals surface area contributed by atoms with Gasteiger partial charge in [-0.05, 0) is 35.7 Å². The van der Waals surface area contributed by atoms with Crippen LogP contribution in [0.25, 0.3) is 10.9 Å². The number of halogens is 2. The number of carboxylic acids is 1. The van der Waals surface area contributed by atoms with Crippen molar-refractivity contribution >= 4 is 40.1 Å². The molecule has 0 fully saturated rings. The van der Waals surface area contributed by atoms with Gasteiger partial charge in [-0.2, -0.15) is 0 Å². The highest BCUT2D eigenvalue weighted by Crippen LogP contribution is 2.34. The number of ether oxygens (including phenoxy) is 1. The molecule has 1 unspecified atom stereocenters. The van der Waals surface area contributed by atoms with Crippen molar-refractivity contribution < 1.29 is 14.6 Å². The van der Waals surface area contributed by atoms with Crippen LogP contribution < -0.4 is 10.1 Å². The quantitative estimate of drug-likeness (QED) is 0.452. The fraction of sp³-hybridized carbons (Fsp3) is 0.286. The normalized spacial score (nSPS) is 12.2. The minimum Gasteiger partial charge on any atom is -0.490 e. The first-order valence-corrected chi connectivity index (χ1v) is 9.87. The zero-order chi connectivity index (χ0) is 20.1. The zero-order valence-electron chi connectivity index (χ0n) is 15.5. The number of hydrogen-bond acceptors (Lipinski definition) is 3. The van der Waals surface area contributed by atoms with Crippen LogP contribution in [0.2, 0.25) is 10.0 Å². The predicted molar refractivity (Wildman–Crippen MR) is 113 cm³/mol. The van der Waals surface area contributed by atoms with E-state index in [0.29, 0.717) is 35.4 Å². The van der Waals surface area contributed by atoms with E-state index in [2.05, 4.69) is 10.3 Å². The molecule has 1 heterocycles. The molecule has 1 aromatic heterocycles. The third kappa shape index (κ3) is 4.79. The van der Waals surface area contributed by atoms with Gasteiger partial charge in [0.05, 0.1) is 16.7 Å². The summed E-state index contributed by atoms with van der Waals surface area (Å²) in [5, 5.41) is 14.6. The van der Waals surface area contributed by atoms with Crippen molar-refractivity contribution in [3.63, 3.8) is 0 Å². The molecule has 0 saturated heterocycles. The van der Waals surface area contributed by atoms with Crippen LogP contribution in [-0.4, -0.2) is 28.7 Å². The van der Waals surface area contributed by atoms with E-state index in [9.17, 15) is 9.90 Å². The van der Waals surface area contributed by atoms with Gasteiger partial charge in [0.15, 0.2) is 5.75 Å². The monoisotopic (exact) mass is 420 g/mol. The molecule has 7 heteroatoms. The summed E-state index contributed by atoms with van der Waals surface area (Å²) in [6, 6.07) is 10.6. The van der Waals surface area contributed by atoms with Crippen LogP contribution in [0.1, 0.15) is 24.5 Å². The highest BCUT2D eigenvalue weighted by molar-refractivity contribution is 6.37. The molecular formula is C21H22Cl2N2O3. The first-order valence-electron chi connectivity index (χ1n) is 9.11. The van der Waals surface area contributed by atoms with E-state index in [1.807, 2.05) is 37.4 Å². The fourth-order valence-corrected chi connectivity index (χ4v) is 3.71. The number of carboxylic acid groups (broad SMARTS) is 1. The third-order valence-electron chi connectivity index (χ3n) is 4.46. The summed E-state index contributed by atoms with van der Waals surface area (Å²) in [4.78, 5) is 14.9. The number of aromatic nitrogens is 1. The van der Waals surface area contributed by atoms with Crippen LogP contribution in [0, 0.1) is 0 Å². The topological polar surface area (TPSA) is 74.3 Å². The molecule has 0 aliphatic rings. The van der Waals surface area contributed by atoms with Gasteiger partial charge in [-0.3, -0.25) is 4.79 Å². The Labute approximate surface area is 173 Å². The molecule has 148 valence electrons. The molecule has 0 bridgehead atoms. The van der Waals surface area contributed by atoms with Crippen molar-refractivity contribution in [3.8, 4) is 5.75 Å². The number of rotatable bonds is 9. The number of nitrogens with one attached hydrogen (secondary N) is 2. The second-order valence-electron chi connectivity index (χ2n) is 6.57. The van der Waals surface area contributed by atoms with Crippen LogP contribution in [0.15, 0.2) is 42.6 Å². The van der Waals surface area contributed by atoms with Gasteiger partial charge in [-0.1, -0.05) is 48.3 Å². The first kappa shape index (κ1) is 20.5. The first-order chi connectivity index (χ1) is 13.5. The number of H-pyrrole nitrogens is 1. The largest absolute Gasteiger partial charge is 0.490 e. The molecule has 1 atom stereocenters. The molecule has 0 aliphatic carbocycles. The summed E-state index contributed by atoms with van der Waals surface area (Å²) < 4.78 is 5.56. The number of para-hydroxylation sites is 1. The van der Waals surface area contributed by atoms with Crippen LogP contribution in [-0.2, 0) is 17.8 Å². The van der Waals surface area contributed by atoms with E-state index in [1.54, 1.807) is 12.1 Å². The van der Waals surface area contributed by atoms with Gasteiger partial charge in [0.25, 0.3) is 0 Å². The van der Waals surface area contributed by atoms with Crippen molar-refractivity contribution in [3.05, 3.63) is 63.8 Å². The number of aromatic amines is 1. The van der Waals surface area contributed by atoms with E-state index in [4.69, 9.17) is 27.9 Å². The highest BCUT2D eigenvalue weighted by atomic mass is 35.5. The van der Waals surface area contributed by atoms with Gasteiger partial charge in [-0.15, -0.1) is 0 Å². The van der Waals surface area contributed by atoms with E-state index >= 15 is 0 Å². The van der Waals surface area contributed by atoms with Crippen molar-refractivity contribution in [1.29, 1.82) is 0 Å². The van der Waals surface area contributed by atoms with E-state index < -0.39 is 12.0 Å². The number of hydrogen-bond donors (Lipinski definition) is 3. The van der Waals surface area contributed by atoms with Gasteiger partial charge in [0, 0.05) is 30.1 Å². The maximum atomic E-state index is 11.7. The Morgan fingerprint density at radius 2 is 1.96 bits per heavy atom. The van der Waals surface area contributed by atoms with Crippen molar-refractivity contribution in [2.45, 2.75) is 32.4 Å². The average molecular weight is 421 g/mol. The molecule has 28 heavy (non-hydrogen) atoms. The smallest absolute Gasteiger partial charge is 0.321 e. The van der Waals surface area contributed by atoms with E-state index in [1.165, 1.54) is 0 Å². The van der Waals surface area contributed by atoms with Crippen molar-refractivity contribution in [2.75, 3.05) is 6.61 Å². The molecular weight excluding hydrogens is 399 g/mol. The third-order valence-corrected chi connectivity index (χ3v) is 5.02. The molecule has 0 saturated carbocycles. The summed E-state index contributed by atoms with van der Waals surface area (Å²) in [6.07, 6.45) is 3.07. The fourth-order valence-electron chi connectivity index (χ4n) is 3.06.